The molecule has 0 amide bonds. The summed E-state index contributed by atoms with van der Waals surface area (Å²) in [6.07, 6.45) is 4.19. The third kappa shape index (κ3) is 2.64. The second kappa shape index (κ2) is 5.17. The summed E-state index contributed by atoms with van der Waals surface area (Å²) < 4.78 is 1.08. The number of nitrogens with zero attached hydrogens (tertiary/aromatic N) is 2. The minimum atomic E-state index is 0.733. The van der Waals surface area contributed by atoms with Gasteiger partial charge in [0.2, 0.25) is 0 Å². The van der Waals surface area contributed by atoms with E-state index in [0.717, 1.165) is 41.6 Å². The Balaban J connectivity index is 2.04. The van der Waals surface area contributed by atoms with Gasteiger partial charge in [-0.3, -0.25) is 0 Å². The molecule has 1 aromatic heterocycles. The molecule has 0 spiro atoms. The maximum atomic E-state index is 5.76. The van der Waals surface area contributed by atoms with E-state index in [1.165, 1.54) is 6.42 Å². The van der Waals surface area contributed by atoms with Crippen molar-refractivity contribution in [3.05, 3.63) is 22.8 Å². The van der Waals surface area contributed by atoms with Gasteiger partial charge in [0.05, 0.1) is 4.47 Å². The Bertz CT molecular complexity index is 332. The predicted octanol–water partition coefficient (Wildman–Crippen LogP) is 3.30. The van der Waals surface area contributed by atoms with Crippen molar-refractivity contribution in [1.82, 2.24) is 4.98 Å². The van der Waals surface area contributed by atoms with Crippen molar-refractivity contribution >= 4 is 33.3 Å². The average molecular weight is 290 g/mol. The molecule has 1 aromatic rings. The molecule has 15 heavy (non-hydrogen) atoms. The molecule has 1 aliphatic heterocycles. The standard InChI is InChI=1S/C11H14BrClN2/c12-10-2-1-6-14-11(10)15-7-4-9(8-15)3-5-13/h1-2,6,9H,3-5,7-8H2. The lowest BCUT2D eigenvalue weighted by atomic mass is 10.1. The molecule has 1 saturated heterocycles. The number of halogens is 2. The van der Waals surface area contributed by atoms with E-state index in [-0.39, 0.29) is 0 Å². The van der Waals surface area contributed by atoms with Crippen LogP contribution < -0.4 is 4.90 Å². The molecule has 1 fully saturated rings. The van der Waals surface area contributed by atoms with Crippen LogP contribution in [-0.2, 0) is 0 Å². The first-order chi connectivity index (χ1) is 7.31. The van der Waals surface area contributed by atoms with Crippen LogP contribution in [0.15, 0.2) is 22.8 Å². The molecule has 0 aliphatic carbocycles. The molecule has 0 N–H and O–H groups in total. The molecule has 0 aromatic carbocycles. The molecule has 82 valence electrons. The van der Waals surface area contributed by atoms with Gasteiger partial charge in [0.1, 0.15) is 5.82 Å². The number of anilines is 1. The molecule has 0 bridgehead atoms. The molecule has 2 heterocycles. The van der Waals surface area contributed by atoms with Gasteiger partial charge in [0.15, 0.2) is 0 Å². The van der Waals surface area contributed by atoms with Crippen LogP contribution in [-0.4, -0.2) is 24.0 Å². The van der Waals surface area contributed by atoms with Gasteiger partial charge < -0.3 is 4.90 Å². The highest BCUT2D eigenvalue weighted by molar-refractivity contribution is 9.10. The molecular formula is C11H14BrClN2. The molecule has 2 rings (SSSR count). The van der Waals surface area contributed by atoms with Crippen LogP contribution in [0.4, 0.5) is 5.82 Å². The first-order valence-corrected chi connectivity index (χ1v) is 6.55. The first kappa shape index (κ1) is 11.2. The van der Waals surface area contributed by atoms with E-state index in [0.29, 0.717) is 0 Å². The molecule has 4 heteroatoms. The lowest BCUT2D eigenvalue weighted by Gasteiger charge is -2.18. The molecule has 0 saturated carbocycles. The average Bonchev–Trinajstić information content (AvgIpc) is 2.68. The van der Waals surface area contributed by atoms with E-state index in [4.69, 9.17) is 11.6 Å². The summed E-state index contributed by atoms with van der Waals surface area (Å²) in [4.78, 5) is 6.74. The normalized spacial score (nSPS) is 20.9. The number of alkyl halides is 1. The number of aromatic nitrogens is 1. The van der Waals surface area contributed by atoms with Gasteiger partial charge in [-0.1, -0.05) is 0 Å². The second-order valence-electron chi connectivity index (χ2n) is 3.89. The largest absolute Gasteiger partial charge is 0.355 e. The SMILES string of the molecule is ClCCC1CCN(c2ncccc2Br)C1. The Morgan fingerprint density at radius 1 is 1.60 bits per heavy atom. The van der Waals surface area contributed by atoms with E-state index in [9.17, 15) is 0 Å². The van der Waals surface area contributed by atoms with Crippen LogP contribution in [0.3, 0.4) is 0 Å². The maximum absolute atomic E-state index is 5.76. The van der Waals surface area contributed by atoms with Crippen molar-refractivity contribution in [2.75, 3.05) is 23.9 Å². The Hall–Kier alpha value is -0.280. The summed E-state index contributed by atoms with van der Waals surface area (Å²) in [5.74, 6) is 2.56. The highest BCUT2D eigenvalue weighted by Gasteiger charge is 2.23. The molecule has 2 nitrogen and oxygen atoms in total. The summed E-state index contributed by atoms with van der Waals surface area (Å²) in [5, 5.41) is 0. The summed E-state index contributed by atoms with van der Waals surface area (Å²) >= 11 is 9.30. The number of pyridine rings is 1. The van der Waals surface area contributed by atoms with Crippen LogP contribution in [0.1, 0.15) is 12.8 Å². The fourth-order valence-electron chi connectivity index (χ4n) is 2.03. The zero-order chi connectivity index (χ0) is 10.7. The highest BCUT2D eigenvalue weighted by atomic mass is 79.9. The Morgan fingerprint density at radius 2 is 2.47 bits per heavy atom. The zero-order valence-corrected chi connectivity index (χ0v) is 10.8. The van der Waals surface area contributed by atoms with Crippen molar-refractivity contribution in [3.8, 4) is 0 Å². The molecule has 1 aliphatic rings. The minimum Gasteiger partial charge on any atom is -0.355 e. The maximum Gasteiger partial charge on any atom is 0.142 e. The Labute approximate surface area is 104 Å². The van der Waals surface area contributed by atoms with Crippen molar-refractivity contribution in [2.24, 2.45) is 5.92 Å². The third-order valence-corrected chi connectivity index (χ3v) is 3.68. The van der Waals surface area contributed by atoms with E-state index in [2.05, 4.69) is 25.8 Å². The number of rotatable bonds is 3. The molecule has 1 unspecified atom stereocenters. The lowest BCUT2D eigenvalue weighted by Crippen LogP contribution is -2.21. The van der Waals surface area contributed by atoms with Gasteiger partial charge >= 0.3 is 0 Å². The van der Waals surface area contributed by atoms with Gasteiger partial charge in [-0.15, -0.1) is 11.6 Å². The van der Waals surface area contributed by atoms with Crippen molar-refractivity contribution in [1.29, 1.82) is 0 Å². The lowest BCUT2D eigenvalue weighted by molar-refractivity contribution is 0.572. The highest BCUT2D eigenvalue weighted by Crippen LogP contribution is 2.29. The summed E-state index contributed by atoms with van der Waals surface area (Å²) in [6.45, 7) is 2.18. The van der Waals surface area contributed by atoms with Crippen LogP contribution in [0, 0.1) is 5.92 Å². The molecule has 0 radical (unpaired) electrons. The number of hydrogen-bond donors (Lipinski definition) is 0. The van der Waals surface area contributed by atoms with Crippen molar-refractivity contribution in [3.63, 3.8) is 0 Å². The summed E-state index contributed by atoms with van der Waals surface area (Å²) in [5.41, 5.74) is 0. The fraction of sp³-hybridized carbons (Fsp3) is 0.545. The van der Waals surface area contributed by atoms with Crippen molar-refractivity contribution < 1.29 is 0 Å². The number of hydrogen-bond acceptors (Lipinski definition) is 2. The topological polar surface area (TPSA) is 16.1 Å². The monoisotopic (exact) mass is 288 g/mol. The third-order valence-electron chi connectivity index (χ3n) is 2.84. The second-order valence-corrected chi connectivity index (χ2v) is 5.12. The predicted molar refractivity (Wildman–Crippen MR) is 67.6 cm³/mol. The van der Waals surface area contributed by atoms with Crippen LogP contribution >= 0.6 is 27.5 Å². The van der Waals surface area contributed by atoms with E-state index in [1.54, 1.807) is 0 Å². The van der Waals surface area contributed by atoms with E-state index < -0.39 is 0 Å². The van der Waals surface area contributed by atoms with Gasteiger partial charge in [-0.05, 0) is 46.8 Å². The van der Waals surface area contributed by atoms with E-state index in [1.807, 2.05) is 18.3 Å². The minimum absolute atomic E-state index is 0.733. The van der Waals surface area contributed by atoms with Crippen molar-refractivity contribution in [2.45, 2.75) is 12.8 Å². The summed E-state index contributed by atoms with van der Waals surface area (Å²) in [6, 6.07) is 3.98. The van der Waals surface area contributed by atoms with Gasteiger partial charge in [-0.2, -0.15) is 0 Å². The first-order valence-electron chi connectivity index (χ1n) is 5.22. The van der Waals surface area contributed by atoms with E-state index >= 15 is 0 Å². The van der Waals surface area contributed by atoms with Crippen LogP contribution in [0.5, 0.6) is 0 Å². The fourth-order valence-corrected chi connectivity index (χ4v) is 2.84. The Morgan fingerprint density at radius 3 is 3.20 bits per heavy atom. The summed E-state index contributed by atoms with van der Waals surface area (Å²) in [7, 11) is 0. The van der Waals surface area contributed by atoms with Crippen LogP contribution in [0.25, 0.3) is 0 Å². The van der Waals surface area contributed by atoms with Gasteiger partial charge in [-0.25, -0.2) is 4.98 Å². The van der Waals surface area contributed by atoms with Gasteiger partial charge in [0.25, 0.3) is 0 Å². The zero-order valence-electron chi connectivity index (χ0n) is 8.50. The molecule has 1 atom stereocenters. The van der Waals surface area contributed by atoms with Gasteiger partial charge in [0, 0.05) is 25.2 Å². The van der Waals surface area contributed by atoms with Crippen LogP contribution in [0.2, 0.25) is 0 Å². The quantitative estimate of drug-likeness (QED) is 0.794. The Kier molecular flexibility index (Phi) is 3.87. The molecular weight excluding hydrogens is 275 g/mol. The smallest absolute Gasteiger partial charge is 0.142 e.